The summed E-state index contributed by atoms with van der Waals surface area (Å²) in [6, 6.07) is 0. The number of hydrogen-bond donors (Lipinski definition) is 1. The van der Waals surface area contributed by atoms with Crippen molar-refractivity contribution in [3.63, 3.8) is 0 Å². The number of esters is 1. The maximum absolute atomic E-state index is 11.1. The number of methoxy groups -OCH3 is 1. The number of rotatable bonds is 3. The second-order valence-corrected chi connectivity index (χ2v) is 4.14. The van der Waals surface area contributed by atoms with Crippen LogP contribution in [0.15, 0.2) is 5.38 Å². The fourth-order valence-corrected chi connectivity index (χ4v) is 1.85. The van der Waals surface area contributed by atoms with Gasteiger partial charge < -0.3 is 9.84 Å². The number of carbonyl (C=O) groups excluding carboxylic acids is 1. The van der Waals surface area contributed by atoms with Crippen LogP contribution in [-0.4, -0.2) is 23.2 Å². The molecule has 1 aromatic heterocycles. The van der Waals surface area contributed by atoms with Gasteiger partial charge in [-0.1, -0.05) is 13.8 Å². The maximum Gasteiger partial charge on any atom is 0.357 e. The molecule has 0 fully saturated rings. The molecular weight excluding hydrogens is 202 g/mol. The van der Waals surface area contributed by atoms with Crippen LogP contribution >= 0.6 is 11.3 Å². The van der Waals surface area contributed by atoms with Crippen molar-refractivity contribution in [2.75, 3.05) is 7.11 Å². The average Bonchev–Trinajstić information content (AvgIpc) is 2.64. The van der Waals surface area contributed by atoms with Crippen LogP contribution in [0.25, 0.3) is 0 Å². The summed E-state index contributed by atoms with van der Waals surface area (Å²) in [4.78, 5) is 15.1. The molecule has 1 rings (SSSR count). The van der Waals surface area contributed by atoms with Crippen LogP contribution < -0.4 is 0 Å². The number of aromatic nitrogens is 1. The molecule has 0 aliphatic rings. The van der Waals surface area contributed by atoms with Crippen LogP contribution in [0.4, 0.5) is 0 Å². The lowest BCUT2D eigenvalue weighted by Gasteiger charge is -2.10. The van der Waals surface area contributed by atoms with E-state index in [-0.39, 0.29) is 11.6 Å². The number of nitrogens with zero attached hydrogens (tertiary/aromatic N) is 1. The molecule has 0 spiro atoms. The topological polar surface area (TPSA) is 59.4 Å². The molecule has 1 atom stereocenters. The highest BCUT2D eigenvalue weighted by atomic mass is 32.1. The maximum atomic E-state index is 11.1. The monoisotopic (exact) mass is 215 g/mol. The number of thiazole rings is 1. The lowest BCUT2D eigenvalue weighted by Crippen LogP contribution is -2.07. The number of hydrogen-bond acceptors (Lipinski definition) is 5. The minimum absolute atomic E-state index is 0.0895. The molecule has 1 heterocycles. The number of aliphatic hydroxyl groups is 1. The molecule has 1 aromatic rings. The van der Waals surface area contributed by atoms with Gasteiger partial charge in [-0.15, -0.1) is 11.3 Å². The molecule has 5 heteroatoms. The molecule has 0 radical (unpaired) electrons. The lowest BCUT2D eigenvalue weighted by molar-refractivity contribution is 0.0593. The van der Waals surface area contributed by atoms with Crippen molar-refractivity contribution in [3.05, 3.63) is 16.1 Å². The highest BCUT2D eigenvalue weighted by Gasteiger charge is 2.18. The first-order valence-corrected chi connectivity index (χ1v) is 5.16. The van der Waals surface area contributed by atoms with E-state index in [4.69, 9.17) is 0 Å². The predicted octanol–water partition coefficient (Wildman–Crippen LogP) is 1.62. The summed E-state index contributed by atoms with van der Waals surface area (Å²) in [6.07, 6.45) is -0.613. The van der Waals surface area contributed by atoms with Crippen molar-refractivity contribution in [1.82, 2.24) is 4.98 Å². The van der Waals surface area contributed by atoms with Gasteiger partial charge in [-0.05, 0) is 5.92 Å². The Hall–Kier alpha value is -0.940. The van der Waals surface area contributed by atoms with Crippen LogP contribution in [0.3, 0.4) is 0 Å². The summed E-state index contributed by atoms with van der Waals surface area (Å²) in [5.74, 6) is -0.380. The molecule has 0 unspecified atom stereocenters. The smallest absolute Gasteiger partial charge is 0.357 e. The van der Waals surface area contributed by atoms with Gasteiger partial charge in [-0.3, -0.25) is 0 Å². The van der Waals surface area contributed by atoms with E-state index in [0.717, 1.165) is 0 Å². The Morgan fingerprint density at radius 3 is 2.79 bits per heavy atom. The van der Waals surface area contributed by atoms with E-state index in [1.54, 1.807) is 5.38 Å². The van der Waals surface area contributed by atoms with Crippen LogP contribution in [0, 0.1) is 5.92 Å². The van der Waals surface area contributed by atoms with Crippen LogP contribution in [0.2, 0.25) is 0 Å². The number of ether oxygens (including phenoxy) is 1. The third kappa shape index (κ3) is 2.30. The SMILES string of the molecule is COC(=O)c1csc([C@@H](O)C(C)C)n1. The molecule has 0 saturated carbocycles. The fourth-order valence-electron chi connectivity index (χ4n) is 0.907. The Morgan fingerprint density at radius 1 is 1.64 bits per heavy atom. The molecule has 0 saturated heterocycles. The Bertz CT molecular complexity index is 322. The molecule has 14 heavy (non-hydrogen) atoms. The first kappa shape index (κ1) is 11.1. The lowest BCUT2D eigenvalue weighted by atomic mass is 10.1. The van der Waals surface area contributed by atoms with E-state index in [0.29, 0.717) is 5.01 Å². The molecular formula is C9H13NO3S. The molecule has 4 nitrogen and oxygen atoms in total. The molecule has 0 aromatic carbocycles. The Labute approximate surface area is 86.6 Å². The molecule has 0 aliphatic heterocycles. The zero-order valence-electron chi connectivity index (χ0n) is 8.35. The van der Waals surface area contributed by atoms with Crippen molar-refractivity contribution >= 4 is 17.3 Å². The van der Waals surface area contributed by atoms with Gasteiger partial charge in [0.25, 0.3) is 0 Å². The summed E-state index contributed by atoms with van der Waals surface area (Å²) in [7, 11) is 1.31. The van der Waals surface area contributed by atoms with Crippen molar-refractivity contribution in [1.29, 1.82) is 0 Å². The van der Waals surface area contributed by atoms with E-state index in [1.807, 2.05) is 13.8 Å². The zero-order chi connectivity index (χ0) is 10.7. The summed E-state index contributed by atoms with van der Waals surface area (Å²) in [5.41, 5.74) is 0.257. The van der Waals surface area contributed by atoms with Gasteiger partial charge in [0.1, 0.15) is 11.1 Å². The van der Waals surface area contributed by atoms with Gasteiger partial charge >= 0.3 is 5.97 Å². The summed E-state index contributed by atoms with van der Waals surface area (Å²) in [6.45, 7) is 3.79. The number of aliphatic hydroxyl groups excluding tert-OH is 1. The second-order valence-electron chi connectivity index (χ2n) is 3.25. The van der Waals surface area contributed by atoms with Crippen LogP contribution in [0.1, 0.15) is 35.4 Å². The van der Waals surface area contributed by atoms with Crippen molar-refractivity contribution in [2.24, 2.45) is 5.92 Å². The van der Waals surface area contributed by atoms with E-state index in [9.17, 15) is 9.90 Å². The highest BCUT2D eigenvalue weighted by Crippen LogP contribution is 2.24. The largest absolute Gasteiger partial charge is 0.464 e. The van der Waals surface area contributed by atoms with E-state index in [1.165, 1.54) is 18.4 Å². The van der Waals surface area contributed by atoms with E-state index < -0.39 is 12.1 Å². The fraction of sp³-hybridized carbons (Fsp3) is 0.556. The van der Waals surface area contributed by atoms with Gasteiger partial charge in [-0.2, -0.15) is 0 Å². The van der Waals surface area contributed by atoms with Crippen LogP contribution in [0.5, 0.6) is 0 Å². The quantitative estimate of drug-likeness (QED) is 0.778. The van der Waals surface area contributed by atoms with Crippen molar-refractivity contribution < 1.29 is 14.6 Å². The summed E-state index contributed by atoms with van der Waals surface area (Å²) in [5, 5.41) is 11.8. The third-order valence-corrected chi connectivity index (χ3v) is 2.72. The van der Waals surface area contributed by atoms with Crippen molar-refractivity contribution in [3.8, 4) is 0 Å². The highest BCUT2D eigenvalue weighted by molar-refractivity contribution is 7.09. The normalized spacial score (nSPS) is 12.9. The Balaban J connectivity index is 2.82. The van der Waals surface area contributed by atoms with Crippen LogP contribution in [-0.2, 0) is 4.74 Å². The van der Waals surface area contributed by atoms with Gasteiger partial charge in [-0.25, -0.2) is 9.78 Å². The first-order valence-electron chi connectivity index (χ1n) is 4.28. The summed E-state index contributed by atoms with van der Waals surface area (Å²) < 4.78 is 4.51. The Morgan fingerprint density at radius 2 is 2.29 bits per heavy atom. The van der Waals surface area contributed by atoms with Gasteiger partial charge in [0.05, 0.1) is 7.11 Å². The molecule has 78 valence electrons. The summed E-state index contributed by atoms with van der Waals surface area (Å²) >= 11 is 1.27. The minimum Gasteiger partial charge on any atom is -0.464 e. The predicted molar refractivity (Wildman–Crippen MR) is 53.3 cm³/mol. The average molecular weight is 215 g/mol. The molecule has 0 amide bonds. The van der Waals surface area contributed by atoms with Crippen molar-refractivity contribution in [2.45, 2.75) is 20.0 Å². The zero-order valence-corrected chi connectivity index (χ0v) is 9.17. The minimum atomic E-state index is -0.613. The standard InChI is InChI=1S/C9H13NO3S/c1-5(2)7(11)8-10-6(4-14-8)9(12)13-3/h4-5,7,11H,1-3H3/t7-/m0/s1. The first-order chi connectivity index (χ1) is 6.56. The van der Waals surface area contributed by atoms with Gasteiger partial charge in [0, 0.05) is 5.38 Å². The van der Waals surface area contributed by atoms with Gasteiger partial charge in [0.2, 0.25) is 0 Å². The molecule has 0 aliphatic carbocycles. The molecule has 1 N–H and O–H groups in total. The Kier molecular flexibility index (Phi) is 3.60. The van der Waals surface area contributed by atoms with Gasteiger partial charge in [0.15, 0.2) is 5.69 Å². The number of carbonyl (C=O) groups is 1. The molecule has 0 bridgehead atoms. The second kappa shape index (κ2) is 4.52. The van der Waals surface area contributed by atoms with E-state index in [2.05, 4.69) is 9.72 Å². The third-order valence-electron chi connectivity index (χ3n) is 1.80. The van der Waals surface area contributed by atoms with E-state index >= 15 is 0 Å².